The molecule has 32 heavy (non-hydrogen) atoms. The number of nitrogens with two attached hydrogens (primary N) is 2. The summed E-state index contributed by atoms with van der Waals surface area (Å²) in [7, 11) is 0. The molecular weight excluding hydrogens is 400 g/mol. The minimum absolute atomic E-state index is 0.166. The lowest BCUT2D eigenvalue weighted by Crippen LogP contribution is -2.21. The second-order valence-corrected chi connectivity index (χ2v) is 7.68. The normalized spacial score (nSPS) is 12.1. The van der Waals surface area contributed by atoms with Crippen LogP contribution in [0.15, 0.2) is 84.9 Å². The quantitative estimate of drug-likeness (QED) is 0.301. The predicted octanol–water partition coefficient (Wildman–Crippen LogP) is 5.11. The van der Waals surface area contributed by atoms with E-state index in [-0.39, 0.29) is 11.6 Å². The zero-order valence-electron chi connectivity index (χ0n) is 17.1. The summed E-state index contributed by atoms with van der Waals surface area (Å²) < 4.78 is 0. The van der Waals surface area contributed by atoms with Gasteiger partial charge in [-0.15, -0.1) is 0 Å². The van der Waals surface area contributed by atoms with E-state index < -0.39 is 0 Å². The first kappa shape index (κ1) is 19.4. The van der Waals surface area contributed by atoms with E-state index in [2.05, 4.69) is 10.6 Å². The summed E-state index contributed by atoms with van der Waals surface area (Å²) in [4.78, 5) is 26.4. The minimum atomic E-state index is -0.193. The van der Waals surface area contributed by atoms with Crippen molar-refractivity contribution in [2.75, 3.05) is 22.1 Å². The van der Waals surface area contributed by atoms with Gasteiger partial charge in [-0.2, -0.15) is 0 Å². The number of ketones is 2. The molecule has 0 aliphatic heterocycles. The highest BCUT2D eigenvalue weighted by Crippen LogP contribution is 2.32. The lowest BCUT2D eigenvalue weighted by atomic mass is 9.83. The van der Waals surface area contributed by atoms with Crippen LogP contribution in [0.3, 0.4) is 0 Å². The third-order valence-corrected chi connectivity index (χ3v) is 5.37. The number of hydrogen-bond donors (Lipinski definition) is 4. The Balaban J connectivity index is 1.48. The van der Waals surface area contributed by atoms with Gasteiger partial charge in [0.25, 0.3) is 0 Å². The molecule has 0 atom stereocenters. The average molecular weight is 420 g/mol. The molecular formula is C26H20N4O2. The predicted molar refractivity (Wildman–Crippen MR) is 128 cm³/mol. The van der Waals surface area contributed by atoms with Crippen molar-refractivity contribution in [1.29, 1.82) is 0 Å². The molecule has 1 aliphatic rings. The first-order valence-electron chi connectivity index (χ1n) is 10.1. The third kappa shape index (κ3) is 3.54. The van der Waals surface area contributed by atoms with Crippen LogP contribution in [0, 0.1) is 0 Å². The molecule has 0 saturated heterocycles. The molecule has 0 bridgehead atoms. The van der Waals surface area contributed by atoms with Crippen LogP contribution in [0.2, 0.25) is 0 Å². The third-order valence-electron chi connectivity index (χ3n) is 5.37. The second kappa shape index (κ2) is 7.59. The fourth-order valence-electron chi connectivity index (χ4n) is 3.87. The number of fused-ring (bicyclic) bond motifs is 2. The van der Waals surface area contributed by atoms with Gasteiger partial charge in [-0.3, -0.25) is 9.59 Å². The monoisotopic (exact) mass is 420 g/mol. The number of anilines is 6. The maximum atomic E-state index is 13.3. The highest BCUT2D eigenvalue weighted by molar-refractivity contribution is 6.29. The van der Waals surface area contributed by atoms with Crippen molar-refractivity contribution < 1.29 is 9.59 Å². The van der Waals surface area contributed by atoms with Crippen molar-refractivity contribution in [2.45, 2.75) is 0 Å². The molecule has 0 aromatic heterocycles. The molecule has 5 rings (SSSR count). The van der Waals surface area contributed by atoms with E-state index in [0.717, 1.165) is 11.4 Å². The number of hydrogen-bond acceptors (Lipinski definition) is 6. The standard InChI is InChI=1S/C26H20N4O2/c27-15-3-1-5-17(11-15)29-19-7-9-21-23(13-19)26(32)24-14-20(8-10-22(24)25(21)31)30-18-6-2-4-16(28)12-18/h1-14,29-30H,27-28H2. The highest BCUT2D eigenvalue weighted by Gasteiger charge is 2.30. The van der Waals surface area contributed by atoms with E-state index in [0.29, 0.717) is 45.0 Å². The molecule has 0 saturated carbocycles. The lowest BCUT2D eigenvalue weighted by molar-refractivity contribution is 0.0979. The van der Waals surface area contributed by atoms with Crippen molar-refractivity contribution in [3.8, 4) is 0 Å². The fraction of sp³-hybridized carbons (Fsp3) is 0. The summed E-state index contributed by atoms with van der Waals surface area (Å²) in [6.07, 6.45) is 0. The van der Waals surface area contributed by atoms with Gasteiger partial charge in [-0.25, -0.2) is 0 Å². The van der Waals surface area contributed by atoms with Crippen molar-refractivity contribution in [3.05, 3.63) is 107 Å². The van der Waals surface area contributed by atoms with E-state index in [1.807, 2.05) is 24.3 Å². The summed E-state index contributed by atoms with van der Waals surface area (Å²) in [6.45, 7) is 0. The van der Waals surface area contributed by atoms with E-state index in [1.165, 1.54) is 0 Å². The molecule has 0 fully saturated rings. The van der Waals surface area contributed by atoms with Gasteiger partial charge in [0.2, 0.25) is 0 Å². The van der Waals surface area contributed by atoms with Crippen LogP contribution in [-0.2, 0) is 0 Å². The van der Waals surface area contributed by atoms with Crippen LogP contribution in [0.5, 0.6) is 0 Å². The molecule has 0 radical (unpaired) electrons. The Morgan fingerprint density at radius 2 is 0.875 bits per heavy atom. The molecule has 4 aromatic rings. The number of nitrogens with one attached hydrogen (secondary N) is 2. The van der Waals surface area contributed by atoms with Crippen LogP contribution in [0.4, 0.5) is 34.1 Å². The maximum absolute atomic E-state index is 13.3. The topological polar surface area (TPSA) is 110 Å². The van der Waals surface area contributed by atoms with Gasteiger partial charge in [0.05, 0.1) is 0 Å². The van der Waals surface area contributed by atoms with Crippen LogP contribution < -0.4 is 22.1 Å². The SMILES string of the molecule is Nc1cccc(Nc2ccc3c(c2)C(=O)c2cc(Nc4cccc(N)c4)ccc2C3=O)c1. The van der Waals surface area contributed by atoms with Crippen LogP contribution in [0.1, 0.15) is 31.8 Å². The summed E-state index contributed by atoms with van der Waals surface area (Å²) in [5.41, 5.74) is 17.5. The van der Waals surface area contributed by atoms with E-state index in [4.69, 9.17) is 11.5 Å². The number of rotatable bonds is 4. The first-order valence-corrected chi connectivity index (χ1v) is 10.1. The van der Waals surface area contributed by atoms with Crippen molar-refractivity contribution in [1.82, 2.24) is 0 Å². The van der Waals surface area contributed by atoms with Crippen molar-refractivity contribution in [3.63, 3.8) is 0 Å². The van der Waals surface area contributed by atoms with Crippen molar-refractivity contribution in [2.24, 2.45) is 0 Å². The number of benzene rings is 4. The van der Waals surface area contributed by atoms with Gasteiger partial charge in [-0.05, 0) is 72.8 Å². The van der Waals surface area contributed by atoms with Gasteiger partial charge < -0.3 is 22.1 Å². The van der Waals surface area contributed by atoms with Gasteiger partial charge >= 0.3 is 0 Å². The van der Waals surface area contributed by atoms with Crippen LogP contribution >= 0.6 is 0 Å². The Morgan fingerprint density at radius 1 is 0.469 bits per heavy atom. The zero-order valence-corrected chi connectivity index (χ0v) is 17.1. The molecule has 1 aliphatic carbocycles. The average Bonchev–Trinajstić information content (AvgIpc) is 2.77. The smallest absolute Gasteiger partial charge is 0.194 e. The second-order valence-electron chi connectivity index (χ2n) is 7.68. The summed E-state index contributed by atoms with van der Waals surface area (Å²) in [5, 5.41) is 6.47. The molecule has 0 heterocycles. The number of carbonyl (C=O) groups excluding carboxylic acids is 2. The maximum Gasteiger partial charge on any atom is 0.194 e. The summed E-state index contributed by atoms with van der Waals surface area (Å²) >= 11 is 0. The summed E-state index contributed by atoms with van der Waals surface area (Å²) in [5.74, 6) is -0.359. The highest BCUT2D eigenvalue weighted by atomic mass is 16.1. The molecule has 0 spiro atoms. The Morgan fingerprint density at radius 3 is 1.31 bits per heavy atom. The van der Waals surface area contributed by atoms with Crippen molar-refractivity contribution >= 4 is 45.7 Å². The van der Waals surface area contributed by atoms with E-state index in [1.54, 1.807) is 60.7 Å². The number of carbonyl (C=O) groups is 2. The van der Waals surface area contributed by atoms with Gasteiger partial charge in [0.15, 0.2) is 11.6 Å². The Kier molecular flexibility index (Phi) is 4.60. The van der Waals surface area contributed by atoms with Gasteiger partial charge in [0, 0.05) is 56.4 Å². The molecule has 6 N–H and O–H groups in total. The molecule has 6 heteroatoms. The Labute approximate surface area is 184 Å². The number of nitrogen functional groups attached to an aromatic ring is 2. The summed E-state index contributed by atoms with van der Waals surface area (Å²) in [6, 6.07) is 25.0. The van der Waals surface area contributed by atoms with Gasteiger partial charge in [0.1, 0.15) is 0 Å². The largest absolute Gasteiger partial charge is 0.399 e. The minimum Gasteiger partial charge on any atom is -0.399 e. The lowest BCUT2D eigenvalue weighted by Gasteiger charge is -2.20. The van der Waals surface area contributed by atoms with Crippen LogP contribution in [-0.4, -0.2) is 11.6 Å². The molecule has 156 valence electrons. The van der Waals surface area contributed by atoms with Gasteiger partial charge in [-0.1, -0.05) is 12.1 Å². The van der Waals surface area contributed by atoms with E-state index in [9.17, 15) is 9.59 Å². The molecule has 4 aromatic carbocycles. The van der Waals surface area contributed by atoms with Crippen LogP contribution in [0.25, 0.3) is 0 Å². The molecule has 6 nitrogen and oxygen atoms in total. The zero-order chi connectivity index (χ0) is 22.2. The molecule has 0 unspecified atom stereocenters. The Bertz CT molecular complexity index is 1290. The molecule has 0 amide bonds. The van der Waals surface area contributed by atoms with E-state index >= 15 is 0 Å². The Hall–Kier alpha value is -4.58. The first-order chi connectivity index (χ1) is 15.5. The fourth-order valence-corrected chi connectivity index (χ4v) is 3.87.